The van der Waals surface area contributed by atoms with Crippen molar-refractivity contribution in [3.8, 4) is 17.2 Å². The Hall–Kier alpha value is -4.28. The Bertz CT molecular complexity index is 1380. The first kappa shape index (κ1) is 32.6. The second kappa shape index (κ2) is 14.9. The summed E-state index contributed by atoms with van der Waals surface area (Å²) in [4.78, 5) is 30.3. The molecule has 0 aliphatic carbocycles. The van der Waals surface area contributed by atoms with E-state index in [-0.39, 0.29) is 29.0 Å². The topological polar surface area (TPSA) is 107 Å². The van der Waals surface area contributed by atoms with Crippen LogP contribution >= 0.6 is 0 Å². The average molecular weight is 615 g/mol. The van der Waals surface area contributed by atoms with Crippen LogP contribution in [0.4, 0.5) is 13.2 Å². The van der Waals surface area contributed by atoms with Crippen molar-refractivity contribution in [3.63, 3.8) is 0 Å². The lowest BCUT2D eigenvalue weighted by molar-refractivity contribution is -0.274. The number of esters is 1. The molecule has 2 N–H and O–H groups in total. The number of alkyl halides is 3. The first-order valence-electron chi connectivity index (χ1n) is 14.7. The Morgan fingerprint density at radius 1 is 1.07 bits per heavy atom. The highest BCUT2D eigenvalue weighted by molar-refractivity contribution is 5.97. The second-order valence-corrected chi connectivity index (χ2v) is 11.0. The maximum atomic E-state index is 13.3. The Balaban J connectivity index is 1.51. The van der Waals surface area contributed by atoms with Gasteiger partial charge in [-0.2, -0.15) is 0 Å². The summed E-state index contributed by atoms with van der Waals surface area (Å²) in [5.74, 6) is -1.96. The van der Waals surface area contributed by atoms with Gasteiger partial charge in [-0.15, -0.1) is 13.2 Å². The van der Waals surface area contributed by atoms with Crippen LogP contribution in [-0.2, 0) is 22.4 Å². The molecule has 4 atom stereocenters. The van der Waals surface area contributed by atoms with E-state index in [2.05, 4.69) is 27.2 Å². The number of carbonyl (C=O) groups excluding carboxylic acids is 2. The first-order chi connectivity index (χ1) is 21.0. The Morgan fingerprint density at radius 3 is 2.48 bits per heavy atom. The number of aromatic hydroxyl groups is 1. The maximum Gasteiger partial charge on any atom is 0.573 e. The minimum atomic E-state index is -4.78. The van der Waals surface area contributed by atoms with Gasteiger partial charge in [0, 0.05) is 18.2 Å². The fraction of sp³-hybridized carbons (Fsp3) is 0.424. The molecule has 0 saturated carbocycles. The van der Waals surface area contributed by atoms with Crippen molar-refractivity contribution in [2.45, 2.75) is 70.4 Å². The lowest BCUT2D eigenvalue weighted by Gasteiger charge is -2.31. The first-order valence-corrected chi connectivity index (χ1v) is 14.7. The van der Waals surface area contributed by atoms with Crippen molar-refractivity contribution in [3.05, 3.63) is 83.7 Å². The largest absolute Gasteiger partial charge is 0.573 e. The third-order valence-electron chi connectivity index (χ3n) is 8.00. The predicted octanol–water partition coefficient (Wildman–Crippen LogP) is 6.41. The van der Waals surface area contributed by atoms with Crippen LogP contribution in [0.25, 0.3) is 0 Å². The van der Waals surface area contributed by atoms with Crippen molar-refractivity contribution in [1.29, 1.82) is 0 Å². The van der Waals surface area contributed by atoms with Gasteiger partial charge < -0.3 is 24.6 Å². The number of carbonyl (C=O) groups is 2. The number of aryl methyl sites for hydroxylation is 1. The third-order valence-corrected chi connectivity index (χ3v) is 8.00. The summed E-state index contributed by atoms with van der Waals surface area (Å²) < 4.78 is 53.0. The molecule has 0 spiro atoms. The van der Waals surface area contributed by atoms with E-state index < -0.39 is 36.1 Å². The SMILES string of the molecule is COc1ccnc(C(=O)NC2CCC[C@H](CCCc3ccccc3)[C@@H](Cc3ccc(OC(F)(F)F)cc3)[C@H](C)OC2=O)c1O. The molecule has 11 heteroatoms. The summed E-state index contributed by atoms with van der Waals surface area (Å²) in [5, 5.41) is 13.0. The summed E-state index contributed by atoms with van der Waals surface area (Å²) in [6.07, 6.45) is 0.833. The van der Waals surface area contributed by atoms with Crippen molar-refractivity contribution in [2.75, 3.05) is 7.11 Å². The zero-order valence-corrected chi connectivity index (χ0v) is 24.7. The lowest BCUT2D eigenvalue weighted by Crippen LogP contribution is -2.43. The van der Waals surface area contributed by atoms with Crippen LogP contribution in [0.3, 0.4) is 0 Å². The number of rotatable bonds is 10. The molecule has 1 amide bonds. The molecule has 4 rings (SSSR count). The van der Waals surface area contributed by atoms with Gasteiger partial charge >= 0.3 is 12.3 Å². The summed E-state index contributed by atoms with van der Waals surface area (Å²) >= 11 is 0. The van der Waals surface area contributed by atoms with Gasteiger partial charge in [0.1, 0.15) is 17.9 Å². The highest BCUT2D eigenvalue weighted by atomic mass is 19.4. The van der Waals surface area contributed by atoms with Crippen LogP contribution in [0.2, 0.25) is 0 Å². The zero-order chi connectivity index (χ0) is 31.7. The number of aromatic nitrogens is 1. The molecule has 1 aliphatic heterocycles. The molecule has 1 aromatic heterocycles. The average Bonchev–Trinajstić information content (AvgIpc) is 3.03. The van der Waals surface area contributed by atoms with Gasteiger partial charge in [0.15, 0.2) is 17.2 Å². The number of nitrogens with one attached hydrogen (secondary N) is 1. The van der Waals surface area contributed by atoms with Gasteiger partial charge in [0.2, 0.25) is 0 Å². The Labute approximate surface area is 254 Å². The van der Waals surface area contributed by atoms with Crippen LogP contribution in [0, 0.1) is 11.8 Å². The molecule has 2 aromatic carbocycles. The molecule has 1 aliphatic rings. The van der Waals surface area contributed by atoms with Crippen LogP contribution in [0.15, 0.2) is 66.9 Å². The Morgan fingerprint density at radius 2 is 1.80 bits per heavy atom. The second-order valence-electron chi connectivity index (χ2n) is 11.0. The van der Waals surface area contributed by atoms with E-state index in [1.54, 1.807) is 12.1 Å². The van der Waals surface area contributed by atoms with E-state index in [4.69, 9.17) is 9.47 Å². The highest BCUT2D eigenvalue weighted by Crippen LogP contribution is 2.34. The van der Waals surface area contributed by atoms with Crippen molar-refractivity contribution in [1.82, 2.24) is 10.3 Å². The van der Waals surface area contributed by atoms with E-state index in [9.17, 15) is 27.9 Å². The molecular formula is C33H37F3N2O6. The van der Waals surface area contributed by atoms with E-state index in [1.165, 1.54) is 37.1 Å². The minimum absolute atomic E-state index is 0.0787. The van der Waals surface area contributed by atoms with E-state index in [0.717, 1.165) is 31.2 Å². The fourth-order valence-corrected chi connectivity index (χ4v) is 5.78. The molecule has 44 heavy (non-hydrogen) atoms. The molecule has 1 fully saturated rings. The smallest absolute Gasteiger partial charge is 0.503 e. The van der Waals surface area contributed by atoms with Crippen molar-refractivity contribution < 1.29 is 42.1 Å². The van der Waals surface area contributed by atoms with E-state index in [1.807, 2.05) is 25.1 Å². The third kappa shape index (κ3) is 9.11. The molecule has 1 unspecified atom stereocenters. The van der Waals surface area contributed by atoms with Gasteiger partial charge in [-0.25, -0.2) is 9.78 Å². The highest BCUT2D eigenvalue weighted by Gasteiger charge is 2.35. The summed E-state index contributed by atoms with van der Waals surface area (Å²) in [7, 11) is 1.35. The van der Waals surface area contributed by atoms with Gasteiger partial charge in [-0.05, 0) is 74.6 Å². The molecule has 236 valence electrons. The van der Waals surface area contributed by atoms with E-state index >= 15 is 0 Å². The number of amides is 1. The van der Waals surface area contributed by atoms with Crippen molar-refractivity contribution >= 4 is 11.9 Å². The van der Waals surface area contributed by atoms with Crippen LogP contribution < -0.4 is 14.8 Å². The summed E-state index contributed by atoms with van der Waals surface area (Å²) in [6, 6.07) is 16.4. The number of hydrogen-bond donors (Lipinski definition) is 2. The summed E-state index contributed by atoms with van der Waals surface area (Å²) in [6.45, 7) is 1.81. The fourth-order valence-electron chi connectivity index (χ4n) is 5.78. The van der Waals surface area contributed by atoms with Gasteiger partial charge in [0.05, 0.1) is 7.11 Å². The molecule has 1 saturated heterocycles. The summed E-state index contributed by atoms with van der Waals surface area (Å²) in [5.41, 5.74) is 1.76. The van der Waals surface area contributed by atoms with Crippen molar-refractivity contribution in [2.24, 2.45) is 11.8 Å². The molecule has 0 bridgehead atoms. The van der Waals surface area contributed by atoms with Crippen LogP contribution in [-0.4, -0.2) is 47.6 Å². The minimum Gasteiger partial charge on any atom is -0.503 e. The quantitative estimate of drug-likeness (QED) is 0.254. The van der Waals surface area contributed by atoms with Gasteiger partial charge in [-0.1, -0.05) is 48.9 Å². The Kier molecular flexibility index (Phi) is 11.1. The van der Waals surface area contributed by atoms with E-state index in [0.29, 0.717) is 19.3 Å². The molecule has 2 heterocycles. The molecule has 8 nitrogen and oxygen atoms in total. The number of benzene rings is 2. The number of pyridine rings is 1. The molecule has 0 radical (unpaired) electrons. The van der Waals surface area contributed by atoms with Gasteiger partial charge in [0.25, 0.3) is 5.91 Å². The number of hydrogen-bond acceptors (Lipinski definition) is 7. The number of halogens is 3. The number of nitrogens with zero attached hydrogens (tertiary/aromatic N) is 1. The van der Waals surface area contributed by atoms with Gasteiger partial charge in [-0.3, -0.25) is 4.79 Å². The van der Waals surface area contributed by atoms with Crippen LogP contribution in [0.5, 0.6) is 17.2 Å². The number of cyclic esters (lactones) is 1. The number of ether oxygens (including phenoxy) is 3. The molecule has 3 aromatic rings. The molecular weight excluding hydrogens is 577 g/mol. The predicted molar refractivity (Wildman–Crippen MR) is 156 cm³/mol. The zero-order valence-electron chi connectivity index (χ0n) is 24.7. The maximum absolute atomic E-state index is 13.3. The lowest BCUT2D eigenvalue weighted by atomic mass is 9.77. The van der Waals surface area contributed by atoms with Crippen LogP contribution in [0.1, 0.15) is 60.6 Å². The standard InChI is InChI=1S/C33H37F3N2O6/c1-21-26(20-23-14-16-25(17-15-23)44-33(34,35)36)24(11-6-10-22-8-4-3-5-9-22)12-7-13-27(32(41)43-21)38-31(40)29-30(39)28(42-2)18-19-37-29/h3-5,8-9,14-19,21,24,26-27,39H,6-7,10-13,20H2,1-2H3,(H,38,40)/t21-,24-,26-,27?/m0/s1. The normalized spacial score (nSPS) is 20.9. The number of methoxy groups -OCH3 is 1. The monoisotopic (exact) mass is 614 g/mol.